The maximum absolute atomic E-state index is 12.7. The van der Waals surface area contributed by atoms with Gasteiger partial charge in [0.1, 0.15) is 0 Å². The van der Waals surface area contributed by atoms with Crippen molar-refractivity contribution in [1.82, 2.24) is 4.90 Å². The van der Waals surface area contributed by atoms with Crippen LogP contribution < -0.4 is 5.32 Å². The van der Waals surface area contributed by atoms with Crippen molar-refractivity contribution in [1.29, 1.82) is 5.26 Å². The molecule has 0 aliphatic rings. The molecule has 2 rings (SSSR count). The summed E-state index contributed by atoms with van der Waals surface area (Å²) in [7, 11) is 1.61. The summed E-state index contributed by atoms with van der Waals surface area (Å²) in [5.74, 6) is 0. The predicted octanol–water partition coefficient (Wildman–Crippen LogP) is 3.86. The molecule has 0 atom stereocenters. The van der Waals surface area contributed by atoms with Crippen LogP contribution >= 0.6 is 0 Å². The Labute approximate surface area is 148 Å². The number of aryl methyl sites for hydroxylation is 2. The van der Waals surface area contributed by atoms with Crippen molar-refractivity contribution in [2.24, 2.45) is 0 Å². The molecule has 0 bridgehead atoms. The minimum atomic E-state index is -0.215. The van der Waals surface area contributed by atoms with Gasteiger partial charge in [-0.25, -0.2) is 4.79 Å². The van der Waals surface area contributed by atoms with Gasteiger partial charge < -0.3 is 15.0 Å². The van der Waals surface area contributed by atoms with Crippen LogP contribution in [0.2, 0.25) is 0 Å². The van der Waals surface area contributed by atoms with Gasteiger partial charge in [-0.05, 0) is 42.7 Å². The molecular weight excluding hydrogens is 314 g/mol. The van der Waals surface area contributed by atoms with E-state index in [1.807, 2.05) is 44.2 Å². The highest BCUT2D eigenvalue weighted by Gasteiger charge is 2.15. The summed E-state index contributed by atoms with van der Waals surface area (Å²) >= 11 is 0. The van der Waals surface area contributed by atoms with E-state index in [1.54, 1.807) is 24.1 Å². The van der Waals surface area contributed by atoms with Gasteiger partial charge in [0.05, 0.1) is 18.2 Å². The largest absolute Gasteiger partial charge is 0.383 e. The fourth-order valence-corrected chi connectivity index (χ4v) is 2.47. The molecule has 0 aliphatic heterocycles. The summed E-state index contributed by atoms with van der Waals surface area (Å²) in [4.78, 5) is 14.4. The Balaban J connectivity index is 2.15. The number of carbonyl (C=O) groups is 1. The monoisotopic (exact) mass is 337 g/mol. The van der Waals surface area contributed by atoms with Crippen LogP contribution in [0.1, 0.15) is 22.3 Å². The third kappa shape index (κ3) is 5.07. The van der Waals surface area contributed by atoms with Gasteiger partial charge in [0.25, 0.3) is 0 Å². The number of benzene rings is 2. The van der Waals surface area contributed by atoms with Crippen molar-refractivity contribution in [2.45, 2.75) is 20.4 Å². The Morgan fingerprint density at radius 1 is 1.20 bits per heavy atom. The molecule has 5 heteroatoms. The molecule has 5 nitrogen and oxygen atoms in total. The van der Waals surface area contributed by atoms with E-state index in [0.717, 1.165) is 16.7 Å². The minimum absolute atomic E-state index is 0.215. The van der Waals surface area contributed by atoms with Crippen molar-refractivity contribution in [2.75, 3.05) is 25.6 Å². The highest BCUT2D eigenvalue weighted by atomic mass is 16.5. The second kappa shape index (κ2) is 8.86. The van der Waals surface area contributed by atoms with Crippen LogP contribution in [0.3, 0.4) is 0 Å². The zero-order chi connectivity index (χ0) is 18.2. The lowest BCUT2D eigenvalue weighted by Gasteiger charge is -2.24. The number of ether oxygens (including phenoxy) is 1. The van der Waals surface area contributed by atoms with Crippen molar-refractivity contribution in [3.63, 3.8) is 0 Å². The summed E-state index contributed by atoms with van der Waals surface area (Å²) in [5.41, 5.74) is 4.28. The predicted molar refractivity (Wildman–Crippen MR) is 98.4 cm³/mol. The number of hydrogen-bond acceptors (Lipinski definition) is 3. The lowest BCUT2D eigenvalue weighted by molar-refractivity contribution is 0.152. The molecule has 1 N–H and O–H groups in total. The number of urea groups is 1. The smallest absolute Gasteiger partial charge is 0.322 e. The highest BCUT2D eigenvalue weighted by molar-refractivity contribution is 5.89. The summed E-state index contributed by atoms with van der Waals surface area (Å²) in [5, 5.41) is 12.0. The molecule has 0 spiro atoms. The van der Waals surface area contributed by atoms with E-state index in [2.05, 4.69) is 11.4 Å². The average Bonchev–Trinajstić information content (AvgIpc) is 2.61. The number of amides is 2. The molecule has 25 heavy (non-hydrogen) atoms. The standard InChI is InChI=1S/C20H23N3O2/c1-15-6-4-5-7-17(15)14-23(10-11-25-3)20(24)22-19-9-8-16(2)18(12-19)13-21/h4-9,12H,10-11,14H2,1-3H3,(H,22,24). The first kappa shape index (κ1) is 18.5. The highest BCUT2D eigenvalue weighted by Crippen LogP contribution is 2.16. The Bertz CT molecular complexity index is 781. The molecule has 2 aromatic carbocycles. The van der Waals surface area contributed by atoms with Gasteiger partial charge in [-0.2, -0.15) is 5.26 Å². The van der Waals surface area contributed by atoms with Crippen LogP contribution in [0, 0.1) is 25.2 Å². The van der Waals surface area contributed by atoms with Gasteiger partial charge in [-0.15, -0.1) is 0 Å². The first-order valence-corrected chi connectivity index (χ1v) is 8.15. The van der Waals surface area contributed by atoms with Gasteiger partial charge in [-0.1, -0.05) is 30.3 Å². The second-order valence-corrected chi connectivity index (χ2v) is 5.91. The molecule has 130 valence electrons. The van der Waals surface area contributed by atoms with E-state index >= 15 is 0 Å². The Hall–Kier alpha value is -2.84. The first-order chi connectivity index (χ1) is 12.0. The molecule has 0 fully saturated rings. The fourth-order valence-electron chi connectivity index (χ4n) is 2.47. The van der Waals surface area contributed by atoms with E-state index in [1.165, 1.54) is 0 Å². The fraction of sp³-hybridized carbons (Fsp3) is 0.300. The Morgan fingerprint density at radius 2 is 1.96 bits per heavy atom. The molecule has 0 unspecified atom stereocenters. The third-order valence-electron chi connectivity index (χ3n) is 4.08. The molecule has 0 saturated carbocycles. The number of hydrogen-bond donors (Lipinski definition) is 1. The van der Waals surface area contributed by atoms with E-state index in [-0.39, 0.29) is 6.03 Å². The molecule has 2 aromatic rings. The van der Waals surface area contributed by atoms with E-state index < -0.39 is 0 Å². The van der Waals surface area contributed by atoms with Crippen molar-refractivity contribution in [3.05, 3.63) is 64.7 Å². The number of rotatable bonds is 6. The van der Waals surface area contributed by atoms with E-state index in [4.69, 9.17) is 10.00 Å². The summed E-state index contributed by atoms with van der Waals surface area (Å²) in [6.07, 6.45) is 0. The molecule has 0 aliphatic carbocycles. The van der Waals surface area contributed by atoms with Gasteiger partial charge in [0.2, 0.25) is 0 Å². The first-order valence-electron chi connectivity index (χ1n) is 8.15. The van der Waals surface area contributed by atoms with Crippen molar-refractivity contribution >= 4 is 11.7 Å². The second-order valence-electron chi connectivity index (χ2n) is 5.91. The van der Waals surface area contributed by atoms with E-state index in [9.17, 15) is 4.79 Å². The number of anilines is 1. The maximum Gasteiger partial charge on any atom is 0.322 e. The third-order valence-corrected chi connectivity index (χ3v) is 4.08. The normalized spacial score (nSPS) is 10.2. The van der Waals surface area contributed by atoms with E-state index in [0.29, 0.717) is 30.9 Å². The number of nitrogens with zero attached hydrogens (tertiary/aromatic N) is 2. The topological polar surface area (TPSA) is 65.4 Å². The molecular formula is C20H23N3O2. The number of nitriles is 1. The van der Waals surface area contributed by atoms with Gasteiger partial charge in [0, 0.05) is 25.9 Å². The van der Waals surface area contributed by atoms with Crippen LogP contribution in [-0.4, -0.2) is 31.2 Å². The lowest BCUT2D eigenvalue weighted by Crippen LogP contribution is -2.37. The Kier molecular flexibility index (Phi) is 6.55. The van der Waals surface area contributed by atoms with Gasteiger partial charge >= 0.3 is 6.03 Å². The quantitative estimate of drug-likeness (QED) is 0.870. The lowest BCUT2D eigenvalue weighted by atomic mass is 10.1. The minimum Gasteiger partial charge on any atom is -0.383 e. The molecule has 0 heterocycles. The molecule has 0 saturated heterocycles. The number of nitrogens with one attached hydrogen (secondary N) is 1. The van der Waals surface area contributed by atoms with Crippen LogP contribution in [0.5, 0.6) is 0 Å². The number of methoxy groups -OCH3 is 1. The molecule has 0 aromatic heterocycles. The van der Waals surface area contributed by atoms with Crippen molar-refractivity contribution < 1.29 is 9.53 Å². The van der Waals surface area contributed by atoms with Crippen LogP contribution in [-0.2, 0) is 11.3 Å². The summed E-state index contributed by atoms with van der Waals surface area (Å²) in [6.45, 7) is 5.33. The zero-order valence-electron chi connectivity index (χ0n) is 14.9. The summed E-state index contributed by atoms with van der Waals surface area (Å²) in [6, 6.07) is 15.2. The van der Waals surface area contributed by atoms with Gasteiger partial charge in [-0.3, -0.25) is 0 Å². The zero-order valence-corrected chi connectivity index (χ0v) is 14.9. The van der Waals surface area contributed by atoms with Crippen LogP contribution in [0.15, 0.2) is 42.5 Å². The van der Waals surface area contributed by atoms with Crippen LogP contribution in [0.4, 0.5) is 10.5 Å². The molecule has 0 radical (unpaired) electrons. The maximum atomic E-state index is 12.7. The van der Waals surface area contributed by atoms with Gasteiger partial charge in [0.15, 0.2) is 0 Å². The van der Waals surface area contributed by atoms with Crippen LogP contribution in [0.25, 0.3) is 0 Å². The Morgan fingerprint density at radius 3 is 2.64 bits per heavy atom. The molecule has 2 amide bonds. The van der Waals surface area contributed by atoms with Crippen molar-refractivity contribution in [3.8, 4) is 6.07 Å². The summed E-state index contributed by atoms with van der Waals surface area (Å²) < 4.78 is 5.13. The average molecular weight is 337 g/mol. The number of carbonyl (C=O) groups excluding carboxylic acids is 1. The SMILES string of the molecule is COCCN(Cc1ccccc1C)C(=O)Nc1ccc(C)c(C#N)c1.